The highest BCUT2D eigenvalue weighted by molar-refractivity contribution is 6.05. The molecule has 0 atom stereocenters. The van der Waals surface area contributed by atoms with Crippen LogP contribution in [0.3, 0.4) is 0 Å². The van der Waals surface area contributed by atoms with Gasteiger partial charge in [0.2, 0.25) is 0 Å². The number of nitrogens with zero attached hydrogens (tertiary/aromatic N) is 2. The van der Waals surface area contributed by atoms with Crippen LogP contribution in [0.2, 0.25) is 0 Å². The number of amides is 1. The first-order valence-corrected chi connectivity index (χ1v) is 9.45. The smallest absolute Gasteiger partial charge is 0.330 e. The molecule has 3 rings (SSSR count). The summed E-state index contributed by atoms with van der Waals surface area (Å²) in [6.07, 6.45) is 2.14. The highest BCUT2D eigenvalue weighted by Gasteiger charge is 2.28. The van der Waals surface area contributed by atoms with E-state index in [1.807, 2.05) is 13.8 Å². The molecule has 0 unspecified atom stereocenters. The van der Waals surface area contributed by atoms with Crippen molar-refractivity contribution in [2.24, 2.45) is 5.92 Å². The maximum absolute atomic E-state index is 12.7. The lowest BCUT2D eigenvalue weighted by Gasteiger charge is -2.14. The van der Waals surface area contributed by atoms with Crippen LogP contribution < -0.4 is 16.6 Å². The van der Waals surface area contributed by atoms with Crippen LogP contribution in [0.4, 0.5) is 0 Å². The van der Waals surface area contributed by atoms with Crippen LogP contribution in [0, 0.1) is 5.92 Å². The van der Waals surface area contributed by atoms with Gasteiger partial charge in [0.05, 0.1) is 10.9 Å². The summed E-state index contributed by atoms with van der Waals surface area (Å²) >= 11 is 0. The Balaban J connectivity index is 2.08. The Labute approximate surface area is 160 Å². The molecule has 9 heteroatoms. The van der Waals surface area contributed by atoms with E-state index in [9.17, 15) is 19.2 Å². The number of hydrogen-bond donors (Lipinski definition) is 3. The Bertz CT molecular complexity index is 1030. The summed E-state index contributed by atoms with van der Waals surface area (Å²) in [6.45, 7) is 4.44. The zero-order valence-corrected chi connectivity index (χ0v) is 15.9. The topological polar surface area (TPSA) is 134 Å². The molecule has 1 amide bonds. The Kier molecular flexibility index (Phi) is 5.62. The number of carbonyl (C=O) groups is 2. The molecule has 2 aromatic heterocycles. The first kappa shape index (κ1) is 19.8. The number of carboxylic acids is 1. The number of nitrogens with one attached hydrogen (secondary N) is 2. The lowest BCUT2D eigenvalue weighted by molar-refractivity contribution is -0.137. The molecule has 0 saturated heterocycles. The molecule has 0 aromatic carbocycles. The molecular formula is C19H24N4O5. The fraction of sp³-hybridized carbons (Fsp3) is 0.526. The molecule has 2 heterocycles. The molecular weight excluding hydrogens is 364 g/mol. The average molecular weight is 388 g/mol. The van der Waals surface area contributed by atoms with Crippen LogP contribution >= 0.6 is 0 Å². The van der Waals surface area contributed by atoms with Crippen molar-refractivity contribution in [3.05, 3.63) is 38.2 Å². The number of carbonyl (C=O) groups excluding carboxylic acids is 1. The van der Waals surface area contributed by atoms with Gasteiger partial charge in [-0.3, -0.25) is 23.9 Å². The molecule has 3 N–H and O–H groups in total. The minimum Gasteiger partial charge on any atom is -0.481 e. The van der Waals surface area contributed by atoms with Crippen LogP contribution in [-0.4, -0.2) is 38.1 Å². The van der Waals surface area contributed by atoms with Crippen LogP contribution in [0.25, 0.3) is 11.0 Å². The van der Waals surface area contributed by atoms with Crippen LogP contribution in [-0.2, 0) is 11.3 Å². The van der Waals surface area contributed by atoms with E-state index in [1.54, 1.807) is 6.07 Å². The summed E-state index contributed by atoms with van der Waals surface area (Å²) in [6, 6.07) is 1.62. The van der Waals surface area contributed by atoms with Crippen LogP contribution in [0.5, 0.6) is 0 Å². The maximum atomic E-state index is 12.7. The van der Waals surface area contributed by atoms with E-state index in [1.165, 1.54) is 4.57 Å². The van der Waals surface area contributed by atoms with E-state index >= 15 is 0 Å². The van der Waals surface area contributed by atoms with Crippen molar-refractivity contribution in [3.63, 3.8) is 0 Å². The third kappa shape index (κ3) is 4.29. The highest BCUT2D eigenvalue weighted by atomic mass is 16.4. The van der Waals surface area contributed by atoms with E-state index in [0.29, 0.717) is 12.2 Å². The second-order valence-electron chi connectivity index (χ2n) is 7.58. The summed E-state index contributed by atoms with van der Waals surface area (Å²) in [5.41, 5.74) is -0.0980. The van der Waals surface area contributed by atoms with Crippen molar-refractivity contribution < 1.29 is 14.7 Å². The Hall–Kier alpha value is -2.97. The lowest BCUT2D eigenvalue weighted by Crippen LogP contribution is -2.34. The lowest BCUT2D eigenvalue weighted by atomic mass is 10.1. The Morgan fingerprint density at radius 1 is 1.36 bits per heavy atom. The second-order valence-corrected chi connectivity index (χ2v) is 7.58. The molecule has 2 aromatic rings. The van der Waals surface area contributed by atoms with Crippen molar-refractivity contribution in [3.8, 4) is 0 Å². The molecule has 0 aliphatic heterocycles. The van der Waals surface area contributed by atoms with Crippen molar-refractivity contribution in [2.75, 3.05) is 6.54 Å². The summed E-state index contributed by atoms with van der Waals surface area (Å²) in [5.74, 6) is -1.04. The second kappa shape index (κ2) is 7.95. The summed E-state index contributed by atoms with van der Waals surface area (Å²) in [7, 11) is 0. The third-order valence-corrected chi connectivity index (χ3v) is 4.61. The van der Waals surface area contributed by atoms with Gasteiger partial charge in [0.15, 0.2) is 5.65 Å². The third-order valence-electron chi connectivity index (χ3n) is 4.61. The van der Waals surface area contributed by atoms with Gasteiger partial charge in [0.1, 0.15) is 0 Å². The minimum atomic E-state index is -0.936. The first-order chi connectivity index (χ1) is 13.3. The number of pyridine rings is 1. The number of aromatic nitrogens is 3. The van der Waals surface area contributed by atoms with Crippen molar-refractivity contribution in [1.82, 2.24) is 19.9 Å². The molecule has 1 fully saturated rings. The normalized spacial score (nSPS) is 13.8. The molecule has 0 spiro atoms. The molecule has 0 radical (unpaired) electrons. The number of carboxylic acid groups (broad SMARTS) is 1. The van der Waals surface area contributed by atoms with E-state index in [0.717, 1.165) is 12.8 Å². The van der Waals surface area contributed by atoms with Gasteiger partial charge in [-0.15, -0.1) is 0 Å². The number of fused-ring (bicyclic) bond motifs is 1. The maximum Gasteiger partial charge on any atom is 0.330 e. The van der Waals surface area contributed by atoms with Gasteiger partial charge < -0.3 is 10.4 Å². The molecule has 28 heavy (non-hydrogen) atoms. The SMILES string of the molecule is CC(C)Cn1c(=O)[nH]c(=O)c2c(C(=O)NCCCC(=O)O)cc(C3CC3)nc21. The molecule has 150 valence electrons. The number of hydrogen-bond acceptors (Lipinski definition) is 5. The van der Waals surface area contributed by atoms with Crippen LogP contribution in [0.15, 0.2) is 15.7 Å². The minimum absolute atomic E-state index is 0.0563. The van der Waals surface area contributed by atoms with E-state index < -0.39 is 23.1 Å². The van der Waals surface area contributed by atoms with Crippen molar-refractivity contribution in [1.29, 1.82) is 0 Å². The Morgan fingerprint density at radius 3 is 2.68 bits per heavy atom. The predicted octanol–water partition coefficient (Wildman–Crippen LogP) is 1.21. The number of aliphatic carboxylic acids is 1. The van der Waals surface area contributed by atoms with E-state index in [-0.39, 0.29) is 47.8 Å². The summed E-state index contributed by atoms with van der Waals surface area (Å²) in [5, 5.41) is 11.5. The van der Waals surface area contributed by atoms with E-state index in [4.69, 9.17) is 5.11 Å². The van der Waals surface area contributed by atoms with Crippen LogP contribution in [0.1, 0.15) is 61.5 Å². The first-order valence-electron chi connectivity index (χ1n) is 9.45. The van der Waals surface area contributed by atoms with Gasteiger partial charge in [-0.2, -0.15) is 0 Å². The quantitative estimate of drug-likeness (QED) is 0.582. The molecule has 0 bridgehead atoms. The van der Waals surface area contributed by atoms with Gasteiger partial charge in [-0.25, -0.2) is 9.78 Å². The fourth-order valence-electron chi connectivity index (χ4n) is 3.13. The van der Waals surface area contributed by atoms with Gasteiger partial charge in [-0.05, 0) is 31.2 Å². The number of H-pyrrole nitrogens is 1. The standard InChI is InChI=1S/C19H24N4O5/c1-10(2)9-23-16-15(18(27)22-19(23)28)12(8-13(21-16)11-5-6-11)17(26)20-7-3-4-14(24)25/h8,10-11H,3-7,9H2,1-2H3,(H,20,26)(H,24,25)(H,22,27,28). The van der Waals surface area contributed by atoms with Gasteiger partial charge in [-0.1, -0.05) is 13.8 Å². The Morgan fingerprint density at radius 2 is 2.07 bits per heavy atom. The van der Waals surface area contributed by atoms with Crippen molar-refractivity contribution >= 4 is 22.9 Å². The highest BCUT2D eigenvalue weighted by Crippen LogP contribution is 2.39. The predicted molar refractivity (Wildman–Crippen MR) is 103 cm³/mol. The van der Waals surface area contributed by atoms with Gasteiger partial charge >= 0.3 is 11.7 Å². The number of rotatable bonds is 8. The van der Waals surface area contributed by atoms with Gasteiger partial charge in [0.25, 0.3) is 11.5 Å². The molecule has 1 aliphatic carbocycles. The molecule has 1 saturated carbocycles. The summed E-state index contributed by atoms with van der Waals surface area (Å²) in [4.78, 5) is 55.1. The van der Waals surface area contributed by atoms with Gasteiger partial charge in [0, 0.05) is 31.1 Å². The number of aromatic amines is 1. The average Bonchev–Trinajstić information content (AvgIpc) is 3.45. The van der Waals surface area contributed by atoms with E-state index in [2.05, 4.69) is 15.3 Å². The largest absolute Gasteiger partial charge is 0.481 e. The van der Waals surface area contributed by atoms with Crippen molar-refractivity contribution in [2.45, 2.75) is 52.0 Å². The zero-order chi connectivity index (χ0) is 20.4. The zero-order valence-electron chi connectivity index (χ0n) is 15.9. The summed E-state index contributed by atoms with van der Waals surface area (Å²) < 4.78 is 1.41. The monoisotopic (exact) mass is 388 g/mol. The molecule has 9 nitrogen and oxygen atoms in total. The fourth-order valence-corrected chi connectivity index (χ4v) is 3.13. The molecule has 1 aliphatic rings.